The van der Waals surface area contributed by atoms with Crippen molar-refractivity contribution in [3.05, 3.63) is 0 Å². The number of carbonyl (C=O) groups is 1. The van der Waals surface area contributed by atoms with Gasteiger partial charge in [0.25, 0.3) is 0 Å². The molecule has 3 heteroatoms. The highest BCUT2D eigenvalue weighted by Gasteiger charge is 2.09. The molecule has 8 heavy (non-hydrogen) atoms. The van der Waals surface area contributed by atoms with E-state index >= 15 is 0 Å². The molecule has 0 N–H and O–H groups in total. The summed E-state index contributed by atoms with van der Waals surface area (Å²) in [7, 11) is 0. The molecule has 0 bridgehead atoms. The van der Waals surface area contributed by atoms with Gasteiger partial charge in [0.2, 0.25) is 0 Å². The smallest absolute Gasteiger partial charge is 0.338 e. The summed E-state index contributed by atoms with van der Waals surface area (Å²) in [4.78, 5) is 10.2. The van der Waals surface area contributed by atoms with E-state index < -0.39 is 12.1 Å². The molecule has 1 atom stereocenters. The highest BCUT2D eigenvalue weighted by Crippen LogP contribution is 1.85. The molecule has 0 spiro atoms. The molecule has 0 aliphatic rings. The zero-order valence-electron chi connectivity index (χ0n) is 5.01. The van der Waals surface area contributed by atoms with E-state index in [9.17, 15) is 9.90 Å². The third-order valence-corrected chi connectivity index (χ3v) is 0.619. The molecule has 0 rings (SSSR count). The minimum absolute atomic E-state index is 0.283. The van der Waals surface area contributed by atoms with Crippen molar-refractivity contribution in [2.75, 3.05) is 6.61 Å². The summed E-state index contributed by atoms with van der Waals surface area (Å²) in [5.41, 5.74) is 0. The Morgan fingerprint density at radius 2 is 2.25 bits per heavy atom. The van der Waals surface area contributed by atoms with Crippen molar-refractivity contribution < 1.29 is 14.6 Å². The lowest BCUT2D eigenvalue weighted by Crippen LogP contribution is -2.17. The number of ether oxygens (including phenoxy) is 1. The highest BCUT2D eigenvalue weighted by molar-refractivity contribution is 5.73. The van der Waals surface area contributed by atoms with E-state index in [1.54, 1.807) is 6.92 Å². The van der Waals surface area contributed by atoms with E-state index in [1.807, 2.05) is 0 Å². The van der Waals surface area contributed by atoms with Gasteiger partial charge in [-0.3, -0.25) is 0 Å². The summed E-state index contributed by atoms with van der Waals surface area (Å²) in [5.74, 6) is -0.674. The van der Waals surface area contributed by atoms with Crippen molar-refractivity contribution in [2.45, 2.75) is 20.0 Å². The lowest BCUT2D eigenvalue weighted by Gasteiger charge is -1.99. The fourth-order valence-corrected chi connectivity index (χ4v) is 0.260. The second-order valence-corrected chi connectivity index (χ2v) is 1.39. The zero-order chi connectivity index (χ0) is 6.57. The Morgan fingerprint density at radius 1 is 1.75 bits per heavy atom. The topological polar surface area (TPSA) is 46.2 Å². The maximum absolute atomic E-state index is 10.2. The van der Waals surface area contributed by atoms with Crippen molar-refractivity contribution >= 4 is 5.97 Å². The third kappa shape index (κ3) is 2.58. The van der Waals surface area contributed by atoms with Crippen molar-refractivity contribution in [3.8, 4) is 0 Å². The molecule has 0 aliphatic heterocycles. The molecular formula is C5H9O3. The lowest BCUT2D eigenvalue weighted by molar-refractivity contribution is -0.155. The predicted octanol–water partition coefficient (Wildman–Crippen LogP) is 0.368. The van der Waals surface area contributed by atoms with Gasteiger partial charge in [0.15, 0.2) is 6.10 Å². The van der Waals surface area contributed by atoms with Gasteiger partial charge < -0.3 is 4.74 Å². The number of hydrogen-bond donors (Lipinski definition) is 0. The first kappa shape index (κ1) is 7.43. The van der Waals surface area contributed by atoms with Crippen LogP contribution in [0.4, 0.5) is 0 Å². The van der Waals surface area contributed by atoms with Crippen molar-refractivity contribution in [1.82, 2.24) is 0 Å². The first-order valence-electron chi connectivity index (χ1n) is 2.51. The van der Waals surface area contributed by atoms with Crippen LogP contribution < -0.4 is 0 Å². The van der Waals surface area contributed by atoms with E-state index in [2.05, 4.69) is 4.74 Å². The Kier molecular flexibility index (Phi) is 3.19. The third-order valence-electron chi connectivity index (χ3n) is 0.619. The van der Waals surface area contributed by atoms with Crippen LogP contribution in [0.2, 0.25) is 0 Å². The predicted molar refractivity (Wildman–Crippen MR) is 26.8 cm³/mol. The molecule has 47 valence electrons. The summed E-state index contributed by atoms with van der Waals surface area (Å²) in [6.45, 7) is 3.21. The van der Waals surface area contributed by atoms with Gasteiger partial charge in [-0.05, 0) is 13.8 Å². The average molecular weight is 117 g/mol. The molecule has 1 unspecified atom stereocenters. The standard InChI is InChI=1S/C5H9O3/c1-3-8-5(7)4(2)6/h4H,3H2,1-2H3. The van der Waals surface area contributed by atoms with Gasteiger partial charge in [-0.2, -0.15) is 0 Å². The quantitative estimate of drug-likeness (QED) is 0.490. The highest BCUT2D eigenvalue weighted by atomic mass is 16.5. The van der Waals surface area contributed by atoms with Gasteiger partial charge >= 0.3 is 5.97 Å². The maximum Gasteiger partial charge on any atom is 0.338 e. The first-order chi connectivity index (χ1) is 3.68. The molecule has 3 nitrogen and oxygen atoms in total. The molecule has 0 aromatic rings. The van der Waals surface area contributed by atoms with Crippen LogP contribution in [-0.4, -0.2) is 18.7 Å². The molecule has 0 amide bonds. The van der Waals surface area contributed by atoms with Crippen LogP contribution in [0.15, 0.2) is 0 Å². The van der Waals surface area contributed by atoms with Crippen LogP contribution >= 0.6 is 0 Å². The van der Waals surface area contributed by atoms with Crippen LogP contribution in [0.5, 0.6) is 0 Å². The number of rotatable bonds is 2. The van der Waals surface area contributed by atoms with Gasteiger partial charge in [-0.15, -0.1) is 0 Å². The zero-order valence-corrected chi connectivity index (χ0v) is 5.01. The lowest BCUT2D eigenvalue weighted by atomic mass is 10.4. The van der Waals surface area contributed by atoms with E-state index in [0.717, 1.165) is 0 Å². The fraction of sp³-hybridized carbons (Fsp3) is 0.800. The molecule has 0 heterocycles. The summed E-state index contributed by atoms with van der Waals surface area (Å²) >= 11 is 0. The average Bonchev–Trinajstić information content (AvgIpc) is 1.67. The SMILES string of the molecule is CCOC(=O)C(C)[O]. The normalized spacial score (nSPS) is 12.9. The number of hydrogen-bond acceptors (Lipinski definition) is 2. The molecule has 0 fully saturated rings. The summed E-state index contributed by atoms with van der Waals surface area (Å²) < 4.78 is 4.35. The van der Waals surface area contributed by atoms with Gasteiger partial charge in [0, 0.05) is 0 Å². The molecule has 0 aromatic carbocycles. The molecule has 0 saturated heterocycles. The number of esters is 1. The minimum atomic E-state index is -1.24. The monoisotopic (exact) mass is 117 g/mol. The Labute approximate surface area is 48.3 Å². The Bertz CT molecular complexity index is 77.7. The second-order valence-electron chi connectivity index (χ2n) is 1.39. The van der Waals surface area contributed by atoms with Crippen LogP contribution in [0.1, 0.15) is 13.8 Å². The molecular weight excluding hydrogens is 108 g/mol. The van der Waals surface area contributed by atoms with Gasteiger partial charge in [-0.25, -0.2) is 9.90 Å². The van der Waals surface area contributed by atoms with Crippen molar-refractivity contribution in [3.63, 3.8) is 0 Å². The van der Waals surface area contributed by atoms with Crippen LogP contribution in [0.25, 0.3) is 0 Å². The second kappa shape index (κ2) is 3.43. The van der Waals surface area contributed by atoms with E-state index in [1.165, 1.54) is 6.92 Å². The Balaban J connectivity index is 3.33. The molecule has 0 aromatic heterocycles. The van der Waals surface area contributed by atoms with E-state index in [4.69, 9.17) is 0 Å². The number of carbonyl (C=O) groups excluding carboxylic acids is 1. The van der Waals surface area contributed by atoms with Crippen LogP contribution in [0.3, 0.4) is 0 Å². The van der Waals surface area contributed by atoms with E-state index in [-0.39, 0.29) is 6.61 Å². The van der Waals surface area contributed by atoms with Gasteiger partial charge in [-0.1, -0.05) is 0 Å². The van der Waals surface area contributed by atoms with Crippen LogP contribution in [0, 0.1) is 0 Å². The first-order valence-corrected chi connectivity index (χ1v) is 2.51. The molecule has 0 aliphatic carbocycles. The minimum Gasteiger partial charge on any atom is -0.464 e. The summed E-state index contributed by atoms with van der Waals surface area (Å²) in [6.07, 6.45) is -1.24. The van der Waals surface area contributed by atoms with Gasteiger partial charge in [0.1, 0.15) is 0 Å². The van der Waals surface area contributed by atoms with Crippen molar-refractivity contribution in [1.29, 1.82) is 0 Å². The van der Waals surface area contributed by atoms with Crippen LogP contribution in [-0.2, 0) is 14.6 Å². The molecule has 1 radical (unpaired) electrons. The maximum atomic E-state index is 10.2. The van der Waals surface area contributed by atoms with Crippen molar-refractivity contribution in [2.24, 2.45) is 0 Å². The summed E-state index contributed by atoms with van der Waals surface area (Å²) in [6, 6.07) is 0. The largest absolute Gasteiger partial charge is 0.464 e. The Morgan fingerprint density at radius 3 is 2.38 bits per heavy atom. The fourth-order valence-electron chi connectivity index (χ4n) is 0.260. The Hall–Kier alpha value is -0.570. The molecule has 0 saturated carbocycles. The summed E-state index contributed by atoms with van der Waals surface area (Å²) in [5, 5.41) is 10.1. The van der Waals surface area contributed by atoms with E-state index in [0.29, 0.717) is 0 Å². The van der Waals surface area contributed by atoms with Gasteiger partial charge in [0.05, 0.1) is 6.61 Å².